The van der Waals surface area contributed by atoms with Crippen LogP contribution in [0.4, 0.5) is 4.79 Å². The van der Waals surface area contributed by atoms with E-state index in [0.29, 0.717) is 24.0 Å². The fraction of sp³-hybridized carbons (Fsp3) is 0.483. The van der Waals surface area contributed by atoms with Crippen LogP contribution in [0, 0.1) is 0 Å². The average Bonchev–Trinajstić information content (AvgIpc) is 2.76. The van der Waals surface area contributed by atoms with Gasteiger partial charge in [-0.05, 0) is 89.3 Å². The van der Waals surface area contributed by atoms with E-state index in [1.165, 1.54) is 24.3 Å². The van der Waals surface area contributed by atoms with Crippen molar-refractivity contribution in [2.75, 3.05) is 0 Å². The highest BCUT2D eigenvalue weighted by atomic mass is 16.6. The predicted molar refractivity (Wildman–Crippen MR) is 144 cm³/mol. The number of hydrogen-bond donors (Lipinski definition) is 4. The highest BCUT2D eigenvalue weighted by Gasteiger charge is 2.42. The molecule has 0 aliphatic heterocycles. The monoisotopic (exact) mass is 525 g/mol. The summed E-state index contributed by atoms with van der Waals surface area (Å²) in [6.07, 6.45) is 1.72. The Hall–Kier alpha value is -3.75. The molecule has 4 N–H and O–H groups in total. The summed E-state index contributed by atoms with van der Waals surface area (Å²) in [7, 11) is 0. The topological polar surface area (TPSA) is 128 Å². The minimum absolute atomic E-state index is 0.0154. The van der Waals surface area contributed by atoms with Crippen molar-refractivity contribution in [3.63, 3.8) is 0 Å². The summed E-state index contributed by atoms with van der Waals surface area (Å²) >= 11 is 0. The number of nitrogens with zero attached hydrogens (tertiary/aromatic N) is 1. The third kappa shape index (κ3) is 7.87. The fourth-order valence-electron chi connectivity index (χ4n) is 4.38. The van der Waals surface area contributed by atoms with Gasteiger partial charge in [0.25, 0.3) is 0 Å². The first kappa shape index (κ1) is 28.8. The van der Waals surface area contributed by atoms with Crippen molar-refractivity contribution in [2.45, 2.75) is 90.1 Å². The number of carbonyl (C=O) groups excluding carboxylic acids is 3. The fourth-order valence-corrected chi connectivity index (χ4v) is 4.38. The highest BCUT2D eigenvalue weighted by molar-refractivity contribution is 5.92. The Kier molecular flexibility index (Phi) is 9.25. The number of rotatable bonds is 9. The van der Waals surface area contributed by atoms with Gasteiger partial charge in [-0.2, -0.15) is 0 Å². The van der Waals surface area contributed by atoms with Gasteiger partial charge in [0.1, 0.15) is 29.2 Å². The molecule has 9 heteroatoms. The first-order chi connectivity index (χ1) is 17.8. The van der Waals surface area contributed by atoms with Crippen LogP contribution in [0.25, 0.3) is 0 Å². The normalized spacial score (nSPS) is 15.2. The molecule has 2 aromatic rings. The van der Waals surface area contributed by atoms with Crippen LogP contribution >= 0.6 is 0 Å². The highest BCUT2D eigenvalue weighted by Crippen LogP contribution is 2.35. The first-order valence-electron chi connectivity index (χ1n) is 13.0. The second-order valence-corrected chi connectivity index (χ2v) is 11.1. The van der Waals surface area contributed by atoms with Crippen molar-refractivity contribution >= 4 is 17.9 Å². The zero-order valence-electron chi connectivity index (χ0n) is 22.7. The summed E-state index contributed by atoms with van der Waals surface area (Å²) in [6, 6.07) is 10.3. The van der Waals surface area contributed by atoms with E-state index in [1.807, 2.05) is 13.8 Å². The number of carbonyl (C=O) groups is 3. The number of phenols is 2. The molecule has 2 unspecified atom stereocenters. The first-order valence-corrected chi connectivity index (χ1v) is 13.0. The van der Waals surface area contributed by atoms with Gasteiger partial charge in [0, 0.05) is 18.5 Å². The summed E-state index contributed by atoms with van der Waals surface area (Å²) in [4.78, 5) is 42.2. The Bertz CT molecular complexity index is 1120. The molecule has 2 aromatic carbocycles. The molecule has 1 saturated carbocycles. The Morgan fingerprint density at radius 3 is 2.18 bits per heavy atom. The largest absolute Gasteiger partial charge is 0.508 e. The number of alkyl carbamates (subject to hydrolysis) is 1. The SMILES string of the molecule is CC(C)NC(=O)C(c1cccc(O)c1)N(C(=O)C(Cc1ccc(O)cc1)NC(=O)OC(C)(C)C)C1CCC1. The molecule has 3 rings (SSSR count). The van der Waals surface area contributed by atoms with E-state index in [0.717, 1.165) is 6.42 Å². The van der Waals surface area contributed by atoms with Crippen molar-refractivity contribution in [3.05, 3.63) is 59.7 Å². The van der Waals surface area contributed by atoms with Crippen LogP contribution < -0.4 is 10.6 Å². The average molecular weight is 526 g/mol. The number of amides is 3. The molecule has 0 bridgehead atoms. The summed E-state index contributed by atoms with van der Waals surface area (Å²) in [6.45, 7) is 8.88. The van der Waals surface area contributed by atoms with E-state index in [-0.39, 0.29) is 35.9 Å². The van der Waals surface area contributed by atoms with Gasteiger partial charge in [0.05, 0.1) is 0 Å². The van der Waals surface area contributed by atoms with Gasteiger partial charge < -0.3 is 30.5 Å². The van der Waals surface area contributed by atoms with Crippen molar-refractivity contribution in [2.24, 2.45) is 0 Å². The smallest absolute Gasteiger partial charge is 0.408 e. The quantitative estimate of drug-likeness (QED) is 0.389. The van der Waals surface area contributed by atoms with E-state index < -0.39 is 29.7 Å². The lowest BCUT2D eigenvalue weighted by molar-refractivity contribution is -0.147. The summed E-state index contributed by atoms with van der Waals surface area (Å²) < 4.78 is 5.44. The van der Waals surface area contributed by atoms with E-state index in [4.69, 9.17) is 4.74 Å². The summed E-state index contributed by atoms with van der Waals surface area (Å²) in [5, 5.41) is 25.5. The Morgan fingerprint density at radius 2 is 1.66 bits per heavy atom. The lowest BCUT2D eigenvalue weighted by atomic mass is 9.87. The van der Waals surface area contributed by atoms with Crippen molar-refractivity contribution < 1.29 is 29.3 Å². The van der Waals surface area contributed by atoms with Gasteiger partial charge in [0.2, 0.25) is 11.8 Å². The molecule has 38 heavy (non-hydrogen) atoms. The Morgan fingerprint density at radius 1 is 1.00 bits per heavy atom. The molecule has 3 amide bonds. The number of nitrogens with one attached hydrogen (secondary N) is 2. The molecule has 1 aliphatic rings. The van der Waals surface area contributed by atoms with E-state index in [2.05, 4.69) is 10.6 Å². The molecular formula is C29H39N3O6. The molecule has 0 radical (unpaired) electrons. The third-order valence-corrected chi connectivity index (χ3v) is 6.23. The van der Waals surface area contributed by atoms with Gasteiger partial charge >= 0.3 is 6.09 Å². The molecule has 0 saturated heterocycles. The molecule has 1 aliphatic carbocycles. The number of benzene rings is 2. The maximum Gasteiger partial charge on any atom is 0.408 e. The summed E-state index contributed by atoms with van der Waals surface area (Å²) in [5.74, 6) is -0.729. The number of aromatic hydroxyl groups is 2. The molecule has 0 spiro atoms. The van der Waals surface area contributed by atoms with E-state index >= 15 is 0 Å². The van der Waals surface area contributed by atoms with Gasteiger partial charge in [-0.15, -0.1) is 0 Å². The third-order valence-electron chi connectivity index (χ3n) is 6.23. The van der Waals surface area contributed by atoms with Crippen LogP contribution in [-0.4, -0.2) is 56.7 Å². The van der Waals surface area contributed by atoms with Gasteiger partial charge in [-0.1, -0.05) is 24.3 Å². The second-order valence-electron chi connectivity index (χ2n) is 11.1. The number of phenolic OH excluding ortho intramolecular Hbond substituents is 2. The van der Waals surface area contributed by atoms with Crippen LogP contribution in [0.5, 0.6) is 11.5 Å². The lowest BCUT2D eigenvalue weighted by Gasteiger charge is -2.43. The Labute approximate surface area is 224 Å². The van der Waals surface area contributed by atoms with Crippen LogP contribution in [0.15, 0.2) is 48.5 Å². The van der Waals surface area contributed by atoms with Gasteiger partial charge in [-0.3, -0.25) is 9.59 Å². The van der Waals surface area contributed by atoms with Crippen molar-refractivity contribution in [1.82, 2.24) is 15.5 Å². The molecular weight excluding hydrogens is 486 g/mol. The number of ether oxygens (including phenoxy) is 1. The zero-order valence-corrected chi connectivity index (χ0v) is 22.7. The van der Waals surface area contributed by atoms with Crippen LogP contribution in [0.1, 0.15) is 71.0 Å². The van der Waals surface area contributed by atoms with Crippen LogP contribution in [-0.2, 0) is 20.7 Å². The minimum atomic E-state index is -1.04. The Balaban J connectivity index is 2.03. The van der Waals surface area contributed by atoms with E-state index in [1.54, 1.807) is 49.9 Å². The molecule has 9 nitrogen and oxygen atoms in total. The lowest BCUT2D eigenvalue weighted by Crippen LogP contribution is -2.58. The second kappa shape index (κ2) is 12.2. The molecule has 2 atom stereocenters. The summed E-state index contributed by atoms with van der Waals surface area (Å²) in [5.41, 5.74) is 0.417. The van der Waals surface area contributed by atoms with Crippen LogP contribution in [0.3, 0.4) is 0 Å². The maximum absolute atomic E-state index is 14.3. The predicted octanol–water partition coefficient (Wildman–Crippen LogP) is 4.18. The zero-order chi connectivity index (χ0) is 28.0. The standard InChI is InChI=1S/C29H39N3O6/c1-18(2)30-26(35)25(20-8-6-11-23(34)17-20)32(21-9-7-10-21)27(36)24(31-28(37)38-29(3,4)5)16-19-12-14-22(33)15-13-19/h6,8,11-15,17-18,21,24-25,33-34H,7,9-10,16H2,1-5H3,(H,30,35)(H,31,37). The van der Waals surface area contributed by atoms with E-state index in [9.17, 15) is 24.6 Å². The van der Waals surface area contributed by atoms with Crippen LogP contribution in [0.2, 0.25) is 0 Å². The number of hydrogen-bond acceptors (Lipinski definition) is 6. The van der Waals surface area contributed by atoms with Crippen molar-refractivity contribution in [3.8, 4) is 11.5 Å². The molecule has 0 aromatic heterocycles. The van der Waals surface area contributed by atoms with Gasteiger partial charge in [0.15, 0.2) is 0 Å². The molecule has 1 fully saturated rings. The molecule has 0 heterocycles. The minimum Gasteiger partial charge on any atom is -0.508 e. The van der Waals surface area contributed by atoms with Crippen molar-refractivity contribution in [1.29, 1.82) is 0 Å². The van der Waals surface area contributed by atoms with Gasteiger partial charge in [-0.25, -0.2) is 4.79 Å². The molecule has 206 valence electrons. The maximum atomic E-state index is 14.3.